The number of carbonyl (C=O) groups excluding carboxylic acids is 4. The summed E-state index contributed by atoms with van der Waals surface area (Å²) in [4.78, 5) is 53.5. The van der Waals surface area contributed by atoms with Crippen molar-refractivity contribution in [2.75, 3.05) is 9.80 Å². The Morgan fingerprint density at radius 2 is 0.750 bits per heavy atom. The summed E-state index contributed by atoms with van der Waals surface area (Å²) in [6, 6.07) is 11.2. The molecule has 0 unspecified atom stereocenters. The number of amides is 4. The first-order valence-electron chi connectivity index (χ1n) is 8.74. The van der Waals surface area contributed by atoms with E-state index in [1.165, 1.54) is 48.5 Å². The van der Waals surface area contributed by atoms with Gasteiger partial charge in [-0.05, 0) is 48.5 Å². The molecule has 0 aromatic heterocycles. The lowest BCUT2D eigenvalue weighted by atomic mass is 9.59. The number of hydrogen-bond donors (Lipinski definition) is 2. The minimum absolute atomic E-state index is 0.00224. The highest BCUT2D eigenvalue weighted by atomic mass is 16.3. The van der Waals surface area contributed by atoms with Gasteiger partial charge < -0.3 is 10.2 Å². The van der Waals surface area contributed by atoms with Gasteiger partial charge in [0.05, 0.1) is 35.0 Å². The lowest BCUT2D eigenvalue weighted by Crippen LogP contribution is -2.50. The van der Waals surface area contributed by atoms with Crippen LogP contribution in [0.15, 0.2) is 48.5 Å². The Hall–Kier alpha value is -3.68. The number of imide groups is 2. The van der Waals surface area contributed by atoms with Gasteiger partial charge in [0, 0.05) is 0 Å². The highest BCUT2D eigenvalue weighted by Crippen LogP contribution is 2.57. The summed E-state index contributed by atoms with van der Waals surface area (Å²) in [6.07, 6.45) is 0. The van der Waals surface area contributed by atoms with Gasteiger partial charge in [0.1, 0.15) is 11.5 Å². The topological polar surface area (TPSA) is 115 Å². The van der Waals surface area contributed by atoms with Gasteiger partial charge >= 0.3 is 0 Å². The summed E-state index contributed by atoms with van der Waals surface area (Å²) in [7, 11) is 0. The van der Waals surface area contributed by atoms with Gasteiger partial charge in [0.15, 0.2) is 0 Å². The number of benzene rings is 2. The standard InChI is InChI=1S/C20H14N2O6/c23-11-5-1-9(2-6-11)21-17(25)13-14(18(21)26)16-15(13)19(27)22(20(16)28)10-3-7-12(24)8-4-10/h1-8,13-16,23-24H. The Kier molecular flexibility index (Phi) is 3.19. The lowest BCUT2D eigenvalue weighted by Gasteiger charge is -2.36. The Morgan fingerprint density at radius 3 is 1.00 bits per heavy atom. The number of nitrogens with zero attached hydrogens (tertiary/aromatic N) is 2. The summed E-state index contributed by atoms with van der Waals surface area (Å²) in [5.41, 5.74) is 0.603. The second-order valence-electron chi connectivity index (χ2n) is 7.16. The van der Waals surface area contributed by atoms with E-state index >= 15 is 0 Å². The van der Waals surface area contributed by atoms with E-state index < -0.39 is 47.3 Å². The molecular weight excluding hydrogens is 364 g/mol. The molecule has 2 aromatic carbocycles. The molecule has 8 nitrogen and oxygen atoms in total. The van der Waals surface area contributed by atoms with E-state index in [4.69, 9.17) is 0 Å². The van der Waals surface area contributed by atoms with Crippen LogP contribution in [-0.2, 0) is 19.2 Å². The van der Waals surface area contributed by atoms with Crippen LogP contribution in [0.5, 0.6) is 11.5 Å². The maximum atomic E-state index is 12.9. The Balaban J connectivity index is 1.48. The third-order valence-corrected chi connectivity index (χ3v) is 5.79. The summed E-state index contributed by atoms with van der Waals surface area (Å²) in [5, 5.41) is 18.8. The average Bonchev–Trinajstić information content (AvgIpc) is 2.96. The Morgan fingerprint density at radius 1 is 0.500 bits per heavy atom. The number of phenolic OH excluding ortho intramolecular Hbond substituents is 2. The maximum Gasteiger partial charge on any atom is 0.238 e. The molecule has 2 aliphatic heterocycles. The number of phenols is 2. The first kappa shape index (κ1) is 16.5. The van der Waals surface area contributed by atoms with E-state index in [1.807, 2.05) is 0 Å². The fourth-order valence-electron chi connectivity index (χ4n) is 4.50. The molecule has 4 amide bonds. The molecule has 2 heterocycles. The molecule has 1 aliphatic carbocycles. The number of aromatic hydroxyl groups is 2. The Bertz CT molecular complexity index is 912. The maximum absolute atomic E-state index is 12.9. The van der Waals surface area contributed by atoms with Crippen LogP contribution < -0.4 is 9.80 Å². The molecule has 8 heteroatoms. The summed E-state index contributed by atoms with van der Waals surface area (Å²) < 4.78 is 0. The fourth-order valence-corrected chi connectivity index (χ4v) is 4.50. The van der Waals surface area contributed by atoms with E-state index in [-0.39, 0.29) is 11.5 Å². The molecule has 0 radical (unpaired) electrons. The average molecular weight is 378 g/mol. The van der Waals surface area contributed by atoms with Gasteiger partial charge in [-0.25, -0.2) is 0 Å². The predicted octanol–water partition coefficient (Wildman–Crippen LogP) is 1.02. The molecule has 3 fully saturated rings. The highest BCUT2D eigenvalue weighted by molar-refractivity contribution is 6.32. The second-order valence-corrected chi connectivity index (χ2v) is 7.16. The normalized spacial score (nSPS) is 28.4. The monoisotopic (exact) mass is 378 g/mol. The van der Waals surface area contributed by atoms with E-state index in [1.54, 1.807) is 0 Å². The molecule has 2 N–H and O–H groups in total. The van der Waals surface area contributed by atoms with Crippen molar-refractivity contribution in [3.63, 3.8) is 0 Å². The van der Waals surface area contributed by atoms with Gasteiger partial charge in [-0.1, -0.05) is 0 Å². The number of anilines is 2. The van der Waals surface area contributed by atoms with Crippen molar-refractivity contribution in [1.29, 1.82) is 0 Å². The van der Waals surface area contributed by atoms with Crippen molar-refractivity contribution in [2.45, 2.75) is 0 Å². The molecular formula is C20H14N2O6. The van der Waals surface area contributed by atoms with Crippen LogP contribution in [0.3, 0.4) is 0 Å². The van der Waals surface area contributed by atoms with Crippen LogP contribution in [-0.4, -0.2) is 33.8 Å². The zero-order valence-electron chi connectivity index (χ0n) is 14.4. The van der Waals surface area contributed by atoms with Gasteiger partial charge in [0.25, 0.3) is 0 Å². The van der Waals surface area contributed by atoms with Gasteiger partial charge in [-0.15, -0.1) is 0 Å². The number of fused-ring (bicyclic) bond motifs is 4. The Labute approximate surface area is 158 Å². The number of hydrogen-bond acceptors (Lipinski definition) is 6. The first-order chi connectivity index (χ1) is 13.4. The van der Waals surface area contributed by atoms with Crippen molar-refractivity contribution in [3.8, 4) is 11.5 Å². The minimum atomic E-state index is -0.857. The van der Waals surface area contributed by atoms with Crippen LogP contribution in [0.1, 0.15) is 0 Å². The van der Waals surface area contributed by atoms with E-state index in [2.05, 4.69) is 0 Å². The van der Waals surface area contributed by atoms with Gasteiger partial charge in [-0.3, -0.25) is 29.0 Å². The molecule has 5 rings (SSSR count). The zero-order valence-corrected chi connectivity index (χ0v) is 14.4. The van der Waals surface area contributed by atoms with Crippen molar-refractivity contribution < 1.29 is 29.4 Å². The summed E-state index contributed by atoms with van der Waals surface area (Å²) >= 11 is 0. The third-order valence-electron chi connectivity index (χ3n) is 5.79. The molecule has 0 bridgehead atoms. The molecule has 0 atom stereocenters. The van der Waals surface area contributed by atoms with E-state index in [9.17, 15) is 29.4 Å². The van der Waals surface area contributed by atoms with Crippen molar-refractivity contribution in [3.05, 3.63) is 48.5 Å². The van der Waals surface area contributed by atoms with Crippen LogP contribution in [0.25, 0.3) is 0 Å². The fraction of sp³-hybridized carbons (Fsp3) is 0.200. The third kappa shape index (κ3) is 1.94. The highest BCUT2D eigenvalue weighted by Gasteiger charge is 2.73. The lowest BCUT2D eigenvalue weighted by molar-refractivity contribution is -0.146. The predicted molar refractivity (Wildman–Crippen MR) is 95.2 cm³/mol. The van der Waals surface area contributed by atoms with Gasteiger partial charge in [0.2, 0.25) is 23.6 Å². The molecule has 1 saturated carbocycles. The van der Waals surface area contributed by atoms with Crippen LogP contribution in [0.2, 0.25) is 0 Å². The summed E-state index contributed by atoms with van der Waals surface area (Å²) in [5.74, 6) is -5.45. The van der Waals surface area contributed by atoms with Crippen molar-refractivity contribution in [2.24, 2.45) is 23.7 Å². The SMILES string of the molecule is O=C1C2C(C(=O)N1c1ccc(O)cc1)C1C(=O)N(c3ccc(O)cc3)C(=O)C21. The van der Waals surface area contributed by atoms with Crippen LogP contribution >= 0.6 is 0 Å². The first-order valence-corrected chi connectivity index (χ1v) is 8.74. The largest absolute Gasteiger partial charge is 0.508 e. The van der Waals surface area contributed by atoms with E-state index in [0.717, 1.165) is 9.80 Å². The van der Waals surface area contributed by atoms with Crippen molar-refractivity contribution in [1.82, 2.24) is 0 Å². The van der Waals surface area contributed by atoms with Crippen LogP contribution in [0.4, 0.5) is 11.4 Å². The van der Waals surface area contributed by atoms with Crippen LogP contribution in [0, 0.1) is 23.7 Å². The molecule has 2 aromatic rings. The van der Waals surface area contributed by atoms with Gasteiger partial charge in [-0.2, -0.15) is 0 Å². The molecule has 3 aliphatic rings. The number of carbonyl (C=O) groups is 4. The molecule has 28 heavy (non-hydrogen) atoms. The summed E-state index contributed by atoms with van der Waals surface area (Å²) in [6.45, 7) is 0. The number of rotatable bonds is 2. The van der Waals surface area contributed by atoms with E-state index in [0.29, 0.717) is 11.4 Å². The zero-order chi connectivity index (χ0) is 19.7. The molecule has 0 spiro atoms. The smallest absolute Gasteiger partial charge is 0.238 e. The molecule has 140 valence electrons. The minimum Gasteiger partial charge on any atom is -0.508 e. The second kappa shape index (κ2) is 5.41. The van der Waals surface area contributed by atoms with Crippen molar-refractivity contribution >= 4 is 35.0 Å². The quantitative estimate of drug-likeness (QED) is 0.754. The molecule has 2 saturated heterocycles.